The number of aromatic amines is 1. The maximum atomic E-state index is 13.2. The normalized spacial score (nSPS) is 20.0. The second-order valence-corrected chi connectivity index (χ2v) is 12.4. The number of urea groups is 1. The summed E-state index contributed by atoms with van der Waals surface area (Å²) in [5.41, 5.74) is 4.92. The van der Waals surface area contributed by atoms with Crippen molar-refractivity contribution < 1.29 is 9.90 Å². The Morgan fingerprint density at radius 3 is 2.56 bits per heavy atom. The van der Waals surface area contributed by atoms with E-state index in [2.05, 4.69) is 59.8 Å². The number of aliphatic imine (C=N–C) groups is 1. The van der Waals surface area contributed by atoms with Gasteiger partial charge in [0.2, 0.25) is 12.3 Å². The Bertz CT molecular complexity index is 1520. The highest BCUT2D eigenvalue weighted by Gasteiger charge is 2.37. The van der Waals surface area contributed by atoms with Crippen molar-refractivity contribution in [2.24, 2.45) is 4.99 Å². The molecule has 39 heavy (non-hydrogen) atoms. The molecule has 1 fully saturated rings. The highest BCUT2D eigenvalue weighted by Crippen LogP contribution is 2.45. The minimum atomic E-state index is -1.35. The summed E-state index contributed by atoms with van der Waals surface area (Å²) >= 11 is 1.76. The van der Waals surface area contributed by atoms with E-state index in [0.717, 1.165) is 37.9 Å². The first-order valence-corrected chi connectivity index (χ1v) is 14.5. The van der Waals surface area contributed by atoms with Crippen LogP contribution in [0.15, 0.2) is 57.3 Å². The van der Waals surface area contributed by atoms with E-state index in [1.165, 1.54) is 11.1 Å². The molecule has 2 amide bonds. The fourth-order valence-corrected chi connectivity index (χ4v) is 6.46. The van der Waals surface area contributed by atoms with Gasteiger partial charge in [0.15, 0.2) is 0 Å². The molecule has 0 radical (unpaired) electrons. The first-order valence-electron chi connectivity index (χ1n) is 12.5. The molecule has 0 bridgehead atoms. The van der Waals surface area contributed by atoms with Crippen LogP contribution in [0.2, 0.25) is 0 Å². The van der Waals surface area contributed by atoms with Crippen LogP contribution >= 0.6 is 30.2 Å². The number of pyridine rings is 1. The highest BCUT2D eigenvalue weighted by molar-refractivity contribution is 8.00. The van der Waals surface area contributed by atoms with Gasteiger partial charge in [-0.05, 0) is 72.3 Å². The SMILES string of the molecule is Cc1cc2c(cc1N=C1NC(=O)N(Cc3ccc[nH]c3=O)C(O)N1Cc1cc(C)c(P)c(P)c1)SC(C)N2C. The Morgan fingerprint density at radius 2 is 1.85 bits per heavy atom. The second kappa shape index (κ2) is 10.9. The molecule has 0 saturated carbocycles. The molecule has 4 atom stereocenters. The number of aromatic nitrogens is 1. The van der Waals surface area contributed by atoms with Gasteiger partial charge in [0, 0.05) is 23.7 Å². The van der Waals surface area contributed by atoms with Crippen molar-refractivity contribution in [3.05, 3.63) is 75.2 Å². The number of aliphatic hydroxyl groups is 1. The summed E-state index contributed by atoms with van der Waals surface area (Å²) in [6.45, 7) is 6.39. The molecule has 5 rings (SSSR count). The van der Waals surface area contributed by atoms with Crippen molar-refractivity contribution in [2.45, 2.75) is 50.5 Å². The van der Waals surface area contributed by atoms with Gasteiger partial charge in [-0.3, -0.25) is 19.9 Å². The topological polar surface area (TPSA) is 104 Å². The molecule has 4 unspecified atom stereocenters. The molecule has 1 aromatic heterocycles. The summed E-state index contributed by atoms with van der Waals surface area (Å²) in [4.78, 5) is 39.3. The Balaban J connectivity index is 1.54. The lowest BCUT2D eigenvalue weighted by Crippen LogP contribution is -2.65. The van der Waals surface area contributed by atoms with Crippen LogP contribution in [0.1, 0.15) is 29.2 Å². The summed E-state index contributed by atoms with van der Waals surface area (Å²) in [5.74, 6) is 0.246. The van der Waals surface area contributed by atoms with Crippen molar-refractivity contribution in [1.82, 2.24) is 20.1 Å². The maximum Gasteiger partial charge on any atom is 0.327 e. The number of anilines is 1. The molecule has 2 aliphatic rings. The Kier molecular flexibility index (Phi) is 7.75. The van der Waals surface area contributed by atoms with Crippen molar-refractivity contribution in [2.75, 3.05) is 11.9 Å². The Morgan fingerprint density at radius 1 is 1.08 bits per heavy atom. The van der Waals surface area contributed by atoms with E-state index in [1.54, 1.807) is 28.8 Å². The standard InChI is InChI=1S/C27H32N6O3P2S/c1-14-9-20-22(39-16(3)31(20)4)11-19(14)29-25-30-26(35)33(13-18-6-5-7-28-24(18)34)27(36)32(25)12-17-8-15(2)23(38)21(37)10-17/h5-11,16,27,36H,12-13,37-38H2,1-4H3,(H,28,34)(H,29,30,35). The van der Waals surface area contributed by atoms with Gasteiger partial charge in [0.25, 0.3) is 5.56 Å². The van der Waals surface area contributed by atoms with E-state index in [4.69, 9.17) is 4.99 Å². The van der Waals surface area contributed by atoms with Crippen LogP contribution in [0.3, 0.4) is 0 Å². The van der Waals surface area contributed by atoms with Crippen LogP contribution in [0.5, 0.6) is 0 Å². The lowest BCUT2D eigenvalue weighted by Gasteiger charge is -2.42. The maximum absolute atomic E-state index is 13.2. The number of H-pyrrole nitrogens is 1. The average molecular weight is 583 g/mol. The van der Waals surface area contributed by atoms with Crippen molar-refractivity contribution in [3.63, 3.8) is 0 Å². The summed E-state index contributed by atoms with van der Waals surface area (Å²) in [6.07, 6.45) is 0.181. The molecule has 204 valence electrons. The predicted octanol–water partition coefficient (Wildman–Crippen LogP) is 2.87. The zero-order chi connectivity index (χ0) is 28.0. The first-order chi connectivity index (χ1) is 18.5. The van der Waals surface area contributed by atoms with E-state index >= 15 is 0 Å². The van der Waals surface area contributed by atoms with Crippen LogP contribution in [-0.2, 0) is 13.1 Å². The van der Waals surface area contributed by atoms with Crippen molar-refractivity contribution in [3.8, 4) is 0 Å². The summed E-state index contributed by atoms with van der Waals surface area (Å²) in [6, 6.07) is 11.0. The quantitative estimate of drug-likeness (QED) is 0.400. The van der Waals surface area contributed by atoms with Gasteiger partial charge in [-0.15, -0.1) is 18.5 Å². The molecule has 9 nitrogen and oxygen atoms in total. The number of rotatable bonds is 5. The third kappa shape index (κ3) is 5.44. The van der Waals surface area contributed by atoms with E-state index in [9.17, 15) is 14.7 Å². The molecule has 1 saturated heterocycles. The molecular formula is C27H32N6O3P2S. The van der Waals surface area contributed by atoms with Crippen LogP contribution in [0.4, 0.5) is 16.2 Å². The molecule has 2 aliphatic heterocycles. The summed E-state index contributed by atoms with van der Waals surface area (Å²) < 4.78 is 0. The predicted molar refractivity (Wildman–Crippen MR) is 165 cm³/mol. The van der Waals surface area contributed by atoms with Gasteiger partial charge >= 0.3 is 6.03 Å². The van der Waals surface area contributed by atoms with Crippen molar-refractivity contribution in [1.29, 1.82) is 0 Å². The number of nitrogens with one attached hydrogen (secondary N) is 2. The monoisotopic (exact) mass is 582 g/mol. The van der Waals surface area contributed by atoms with Crippen LogP contribution < -0.4 is 26.4 Å². The van der Waals surface area contributed by atoms with E-state index in [0.29, 0.717) is 16.6 Å². The number of benzene rings is 2. The highest BCUT2D eigenvalue weighted by atomic mass is 32.2. The van der Waals surface area contributed by atoms with Gasteiger partial charge < -0.3 is 15.0 Å². The number of amides is 2. The lowest BCUT2D eigenvalue weighted by atomic mass is 10.1. The molecule has 0 spiro atoms. The van der Waals surface area contributed by atoms with Crippen molar-refractivity contribution >= 4 is 64.2 Å². The molecular weight excluding hydrogens is 550 g/mol. The zero-order valence-corrected chi connectivity index (χ0v) is 25.4. The number of hydrogen-bond acceptors (Lipinski definition) is 6. The van der Waals surface area contributed by atoms with E-state index in [1.807, 2.05) is 26.0 Å². The third-order valence-electron chi connectivity index (χ3n) is 7.11. The number of thioether (sulfide) groups is 1. The van der Waals surface area contributed by atoms with Gasteiger partial charge in [0.1, 0.15) is 0 Å². The number of fused-ring (bicyclic) bond motifs is 1. The Hall–Kier alpha value is -2.90. The first kappa shape index (κ1) is 27.7. The number of carbonyl (C=O) groups is 1. The number of aryl methyl sites for hydroxylation is 2. The summed E-state index contributed by atoms with van der Waals surface area (Å²) in [5, 5.41) is 16.8. The third-order valence-corrected chi connectivity index (χ3v) is 9.95. The van der Waals surface area contributed by atoms with Gasteiger partial charge in [-0.1, -0.05) is 23.9 Å². The molecule has 0 aliphatic carbocycles. The molecule has 12 heteroatoms. The molecule has 2 aromatic carbocycles. The lowest BCUT2D eigenvalue weighted by molar-refractivity contribution is -0.0732. The molecule has 3 aromatic rings. The van der Waals surface area contributed by atoms with Gasteiger partial charge in [-0.25, -0.2) is 9.79 Å². The van der Waals surface area contributed by atoms with Gasteiger partial charge in [-0.2, -0.15) is 0 Å². The fourth-order valence-electron chi connectivity index (χ4n) is 4.70. The number of nitrogens with zero attached hydrogens (tertiary/aromatic N) is 4. The molecule has 3 heterocycles. The van der Waals surface area contributed by atoms with E-state index < -0.39 is 12.4 Å². The van der Waals surface area contributed by atoms with Gasteiger partial charge in [0.05, 0.1) is 29.8 Å². The zero-order valence-electron chi connectivity index (χ0n) is 22.2. The number of aliphatic hydroxyl groups excluding tert-OH is 1. The second-order valence-electron chi connectivity index (χ2n) is 9.84. The van der Waals surface area contributed by atoms with Crippen LogP contribution in [-0.4, -0.2) is 50.7 Å². The number of hydrogen-bond donors (Lipinski definition) is 3. The number of guanidine groups is 1. The smallest absolute Gasteiger partial charge is 0.327 e. The van der Waals surface area contributed by atoms with Crippen LogP contribution in [0.25, 0.3) is 0 Å². The Labute approximate surface area is 236 Å². The average Bonchev–Trinajstić information content (AvgIpc) is 3.16. The van der Waals surface area contributed by atoms with E-state index in [-0.39, 0.29) is 24.6 Å². The summed E-state index contributed by atoms with van der Waals surface area (Å²) in [7, 11) is 7.56. The molecule has 3 N–H and O–H groups in total. The number of carbonyl (C=O) groups excluding carboxylic acids is 1. The fraction of sp³-hybridized carbons (Fsp3) is 0.296. The minimum Gasteiger partial charge on any atom is -0.362 e. The largest absolute Gasteiger partial charge is 0.362 e. The van der Waals surface area contributed by atoms with Crippen LogP contribution in [0, 0.1) is 13.8 Å². The minimum absolute atomic E-state index is 0.0653.